The molecular weight excluding hydrogens is 377 g/mol. The summed E-state index contributed by atoms with van der Waals surface area (Å²) in [7, 11) is 0. The summed E-state index contributed by atoms with van der Waals surface area (Å²) in [5, 5.41) is 4.19. The van der Waals surface area contributed by atoms with Crippen LogP contribution < -0.4 is 10.6 Å². The van der Waals surface area contributed by atoms with Crippen molar-refractivity contribution in [3.63, 3.8) is 0 Å². The standard InChI is InChI=1S/C18H17F3N4OS/c1-10-16(17(22)26)27-9-24(10)12-4-6-13(7-5-12)25-15(18(19,20)21)8-14(23-25)11-2-3-11/h4-8,11H,2-3,9H2,1H3,(H2,22,26). The van der Waals surface area contributed by atoms with E-state index >= 15 is 0 Å². The smallest absolute Gasteiger partial charge is 0.365 e. The number of hydrogen-bond donors (Lipinski definition) is 1. The van der Waals surface area contributed by atoms with Gasteiger partial charge in [-0.2, -0.15) is 18.3 Å². The molecule has 1 aliphatic carbocycles. The number of benzene rings is 1. The van der Waals surface area contributed by atoms with Crippen molar-refractivity contribution >= 4 is 23.4 Å². The van der Waals surface area contributed by atoms with Gasteiger partial charge in [0.05, 0.1) is 22.2 Å². The molecule has 2 aliphatic rings. The number of anilines is 1. The van der Waals surface area contributed by atoms with Crippen molar-refractivity contribution in [2.45, 2.75) is 31.9 Å². The summed E-state index contributed by atoms with van der Waals surface area (Å²) >= 11 is 1.35. The lowest BCUT2D eigenvalue weighted by molar-refractivity contribution is -0.142. The van der Waals surface area contributed by atoms with Crippen LogP contribution in [0.15, 0.2) is 40.9 Å². The maximum atomic E-state index is 13.4. The van der Waals surface area contributed by atoms with Gasteiger partial charge < -0.3 is 10.6 Å². The number of halogens is 3. The quantitative estimate of drug-likeness (QED) is 0.852. The number of allylic oxidation sites excluding steroid dienone is 1. The molecule has 1 saturated carbocycles. The number of nitrogens with zero attached hydrogens (tertiary/aromatic N) is 3. The Balaban J connectivity index is 1.66. The summed E-state index contributed by atoms with van der Waals surface area (Å²) < 4.78 is 41.2. The molecule has 2 heterocycles. The highest BCUT2D eigenvalue weighted by Crippen LogP contribution is 2.42. The maximum Gasteiger partial charge on any atom is 0.433 e. The largest absolute Gasteiger partial charge is 0.433 e. The van der Waals surface area contributed by atoms with Crippen molar-refractivity contribution in [2.24, 2.45) is 5.73 Å². The number of amides is 1. The van der Waals surface area contributed by atoms with E-state index in [-0.39, 0.29) is 5.92 Å². The van der Waals surface area contributed by atoms with Crippen LogP contribution in [0.1, 0.15) is 37.1 Å². The minimum Gasteiger partial charge on any atom is -0.365 e. The number of nitrogens with two attached hydrogens (primary N) is 1. The first-order valence-corrected chi connectivity index (χ1v) is 9.43. The van der Waals surface area contributed by atoms with Crippen LogP contribution in [0.5, 0.6) is 0 Å². The van der Waals surface area contributed by atoms with E-state index in [4.69, 9.17) is 5.73 Å². The third kappa shape index (κ3) is 3.31. The van der Waals surface area contributed by atoms with E-state index in [0.29, 0.717) is 22.2 Å². The highest BCUT2D eigenvalue weighted by atomic mass is 32.2. The van der Waals surface area contributed by atoms with Crippen LogP contribution in [-0.2, 0) is 11.0 Å². The zero-order valence-electron chi connectivity index (χ0n) is 14.5. The zero-order chi connectivity index (χ0) is 19.3. The molecule has 5 nitrogen and oxygen atoms in total. The van der Waals surface area contributed by atoms with Gasteiger partial charge in [0.15, 0.2) is 0 Å². The first kappa shape index (κ1) is 18.0. The Morgan fingerprint density at radius 3 is 2.37 bits per heavy atom. The molecule has 142 valence electrons. The fourth-order valence-corrected chi connectivity index (χ4v) is 4.18. The van der Waals surface area contributed by atoms with E-state index in [0.717, 1.165) is 35.0 Å². The minimum atomic E-state index is -4.47. The summed E-state index contributed by atoms with van der Waals surface area (Å²) in [5.41, 5.74) is 6.96. The molecule has 1 aromatic heterocycles. The van der Waals surface area contributed by atoms with Gasteiger partial charge >= 0.3 is 6.18 Å². The van der Waals surface area contributed by atoms with Crippen molar-refractivity contribution < 1.29 is 18.0 Å². The van der Waals surface area contributed by atoms with Gasteiger partial charge in [-0.25, -0.2) is 4.68 Å². The molecule has 1 fully saturated rings. The highest BCUT2D eigenvalue weighted by molar-refractivity contribution is 8.04. The number of carbonyl (C=O) groups excluding carboxylic acids is 1. The Labute approximate surface area is 158 Å². The lowest BCUT2D eigenvalue weighted by atomic mass is 10.2. The van der Waals surface area contributed by atoms with Crippen LogP contribution in [0.4, 0.5) is 18.9 Å². The van der Waals surface area contributed by atoms with Gasteiger partial charge in [-0.1, -0.05) is 11.8 Å². The Morgan fingerprint density at radius 2 is 1.85 bits per heavy atom. The van der Waals surface area contributed by atoms with E-state index in [1.807, 2.05) is 4.90 Å². The van der Waals surface area contributed by atoms with Crippen LogP contribution in [0.2, 0.25) is 0 Å². The molecule has 1 aliphatic heterocycles. The number of alkyl halides is 3. The predicted octanol–water partition coefficient (Wildman–Crippen LogP) is 4.00. The Hall–Kier alpha value is -2.42. The summed E-state index contributed by atoms with van der Waals surface area (Å²) in [6, 6.07) is 7.81. The van der Waals surface area contributed by atoms with Crippen LogP contribution in [0.25, 0.3) is 5.69 Å². The van der Waals surface area contributed by atoms with Crippen molar-refractivity contribution in [2.75, 3.05) is 10.8 Å². The molecule has 0 unspecified atom stereocenters. The summed E-state index contributed by atoms with van der Waals surface area (Å²) in [6.07, 6.45) is -2.71. The molecule has 0 spiro atoms. The van der Waals surface area contributed by atoms with Crippen LogP contribution in [-0.4, -0.2) is 21.6 Å². The molecule has 4 rings (SSSR count). The number of primary amides is 1. The Kier molecular flexibility index (Phi) is 4.21. The molecule has 0 atom stereocenters. The normalized spacial score (nSPS) is 17.7. The number of thioether (sulfide) groups is 1. The molecule has 0 bridgehead atoms. The summed E-state index contributed by atoms with van der Waals surface area (Å²) in [5.74, 6) is 0.189. The number of carbonyl (C=O) groups is 1. The number of hydrogen-bond acceptors (Lipinski definition) is 4. The van der Waals surface area contributed by atoms with Gasteiger partial charge in [0.2, 0.25) is 0 Å². The van der Waals surface area contributed by atoms with Gasteiger partial charge in [-0.3, -0.25) is 4.79 Å². The van der Waals surface area contributed by atoms with Crippen LogP contribution in [0, 0.1) is 0 Å². The van der Waals surface area contributed by atoms with E-state index in [1.165, 1.54) is 11.8 Å². The number of aromatic nitrogens is 2. The maximum absolute atomic E-state index is 13.4. The zero-order valence-corrected chi connectivity index (χ0v) is 15.3. The van der Waals surface area contributed by atoms with Gasteiger partial charge in [0.1, 0.15) is 5.69 Å². The van der Waals surface area contributed by atoms with E-state index < -0.39 is 17.8 Å². The van der Waals surface area contributed by atoms with Gasteiger partial charge in [0.25, 0.3) is 5.91 Å². The molecule has 27 heavy (non-hydrogen) atoms. The molecule has 2 aromatic rings. The lowest BCUT2D eigenvalue weighted by Crippen LogP contribution is -2.18. The third-order valence-corrected chi connectivity index (χ3v) is 5.89. The molecular formula is C18H17F3N4OS. The first-order chi connectivity index (χ1) is 12.8. The molecule has 1 aromatic carbocycles. The highest BCUT2D eigenvalue weighted by Gasteiger charge is 2.38. The Morgan fingerprint density at radius 1 is 1.22 bits per heavy atom. The van der Waals surface area contributed by atoms with Crippen LogP contribution >= 0.6 is 11.8 Å². The average Bonchev–Trinajstić information content (AvgIpc) is 3.22. The van der Waals surface area contributed by atoms with Crippen molar-refractivity contribution in [3.05, 3.63) is 52.3 Å². The minimum absolute atomic E-state index is 0.133. The fraction of sp³-hybridized carbons (Fsp3) is 0.333. The van der Waals surface area contributed by atoms with Gasteiger partial charge in [0, 0.05) is 17.3 Å². The third-order valence-electron chi connectivity index (χ3n) is 4.72. The number of rotatable bonds is 4. The predicted molar refractivity (Wildman–Crippen MR) is 97.4 cm³/mol. The topological polar surface area (TPSA) is 64.2 Å². The fourth-order valence-electron chi connectivity index (χ4n) is 3.12. The van der Waals surface area contributed by atoms with Crippen molar-refractivity contribution in [3.8, 4) is 5.69 Å². The SMILES string of the molecule is CC1=C(C(N)=O)SCN1c1ccc(-n2nc(C3CC3)cc2C(F)(F)F)cc1. The second-order valence-electron chi connectivity index (χ2n) is 6.63. The molecule has 9 heteroatoms. The molecule has 0 saturated heterocycles. The first-order valence-electron chi connectivity index (χ1n) is 8.44. The second kappa shape index (κ2) is 6.33. The van der Waals surface area contributed by atoms with E-state index in [2.05, 4.69) is 5.10 Å². The van der Waals surface area contributed by atoms with Crippen molar-refractivity contribution in [1.82, 2.24) is 9.78 Å². The summed E-state index contributed by atoms with van der Waals surface area (Å²) in [6.45, 7) is 1.80. The van der Waals surface area contributed by atoms with E-state index in [1.54, 1.807) is 31.2 Å². The van der Waals surface area contributed by atoms with Crippen molar-refractivity contribution in [1.29, 1.82) is 0 Å². The second-order valence-corrected chi connectivity index (χ2v) is 7.59. The lowest BCUT2D eigenvalue weighted by Gasteiger charge is -2.19. The molecule has 0 radical (unpaired) electrons. The Bertz CT molecular complexity index is 929. The molecule has 1 amide bonds. The average molecular weight is 394 g/mol. The van der Waals surface area contributed by atoms with Gasteiger partial charge in [-0.05, 0) is 50.1 Å². The molecule has 2 N–H and O–H groups in total. The summed E-state index contributed by atoms with van der Waals surface area (Å²) in [4.78, 5) is 13.8. The van der Waals surface area contributed by atoms with Crippen LogP contribution in [0.3, 0.4) is 0 Å². The monoisotopic (exact) mass is 394 g/mol. The van der Waals surface area contributed by atoms with E-state index in [9.17, 15) is 18.0 Å². The van der Waals surface area contributed by atoms with Gasteiger partial charge in [-0.15, -0.1) is 0 Å².